The smallest absolute Gasteiger partial charge is 0.323 e. The molecule has 1 rings (SSSR count). The highest BCUT2D eigenvalue weighted by atomic mass is 35.5. The fraction of sp³-hybridized carbons (Fsp3) is 0.667. The van der Waals surface area contributed by atoms with Gasteiger partial charge in [-0.1, -0.05) is 11.6 Å². The standard InChI is InChI=1S/C12H20ClN3O2/c1-8(2)15-12(4,11(17)18)5-9(3)16-7-10(13)6-14-16/h6-9,15H,5H2,1-4H3,(H,17,18). The summed E-state index contributed by atoms with van der Waals surface area (Å²) in [7, 11) is 0. The van der Waals surface area contributed by atoms with Gasteiger partial charge in [0.1, 0.15) is 5.54 Å². The lowest BCUT2D eigenvalue weighted by atomic mass is 9.93. The quantitative estimate of drug-likeness (QED) is 0.835. The molecule has 0 fully saturated rings. The van der Waals surface area contributed by atoms with Crippen molar-refractivity contribution in [1.82, 2.24) is 15.1 Å². The first-order valence-corrected chi connectivity index (χ1v) is 6.33. The first-order chi connectivity index (χ1) is 8.24. The molecular formula is C12H20ClN3O2. The largest absolute Gasteiger partial charge is 0.480 e. The molecule has 0 spiro atoms. The normalized spacial score (nSPS) is 16.6. The van der Waals surface area contributed by atoms with Crippen LogP contribution in [0.5, 0.6) is 0 Å². The zero-order chi connectivity index (χ0) is 13.9. The van der Waals surface area contributed by atoms with E-state index in [9.17, 15) is 9.90 Å². The lowest BCUT2D eigenvalue weighted by Crippen LogP contribution is -2.53. The molecule has 5 nitrogen and oxygen atoms in total. The molecule has 2 N–H and O–H groups in total. The maximum atomic E-state index is 11.4. The van der Waals surface area contributed by atoms with Gasteiger partial charge in [0.05, 0.1) is 17.3 Å². The van der Waals surface area contributed by atoms with Crippen molar-refractivity contribution >= 4 is 17.6 Å². The van der Waals surface area contributed by atoms with Crippen molar-refractivity contribution in [3.05, 3.63) is 17.4 Å². The Morgan fingerprint density at radius 1 is 1.61 bits per heavy atom. The van der Waals surface area contributed by atoms with E-state index in [1.54, 1.807) is 24.0 Å². The van der Waals surface area contributed by atoms with Crippen LogP contribution in [-0.2, 0) is 4.79 Å². The Hall–Kier alpha value is -1.07. The number of aromatic nitrogens is 2. The molecule has 0 amide bonds. The minimum atomic E-state index is -0.980. The van der Waals surface area contributed by atoms with E-state index >= 15 is 0 Å². The summed E-state index contributed by atoms with van der Waals surface area (Å²) >= 11 is 5.81. The van der Waals surface area contributed by atoms with Gasteiger partial charge in [-0.2, -0.15) is 5.10 Å². The van der Waals surface area contributed by atoms with Gasteiger partial charge in [-0.15, -0.1) is 0 Å². The molecule has 0 aliphatic rings. The molecule has 1 heterocycles. The summed E-state index contributed by atoms with van der Waals surface area (Å²) < 4.78 is 1.69. The average Bonchev–Trinajstić information content (AvgIpc) is 2.63. The second-order valence-electron chi connectivity index (χ2n) is 5.13. The number of nitrogens with zero attached hydrogens (tertiary/aromatic N) is 2. The van der Waals surface area contributed by atoms with Crippen molar-refractivity contribution in [3.63, 3.8) is 0 Å². The molecule has 6 heteroatoms. The highest BCUT2D eigenvalue weighted by Gasteiger charge is 2.35. The number of rotatable bonds is 6. The third kappa shape index (κ3) is 3.71. The molecular weight excluding hydrogens is 254 g/mol. The van der Waals surface area contributed by atoms with Crippen LogP contribution in [0.1, 0.15) is 40.2 Å². The number of carbonyl (C=O) groups is 1. The summed E-state index contributed by atoms with van der Waals surface area (Å²) in [5.74, 6) is -0.860. The van der Waals surface area contributed by atoms with Crippen LogP contribution >= 0.6 is 11.6 Å². The number of nitrogens with one attached hydrogen (secondary N) is 1. The van der Waals surface area contributed by atoms with Gasteiger partial charge < -0.3 is 5.11 Å². The Labute approximate surface area is 112 Å². The van der Waals surface area contributed by atoms with E-state index in [1.807, 2.05) is 20.8 Å². The molecule has 18 heavy (non-hydrogen) atoms. The number of carboxylic acid groups (broad SMARTS) is 1. The molecule has 0 aliphatic carbocycles. The molecule has 2 atom stereocenters. The monoisotopic (exact) mass is 273 g/mol. The summed E-state index contributed by atoms with van der Waals surface area (Å²) in [5, 5.41) is 17.1. The third-order valence-corrected chi connectivity index (χ3v) is 3.00. The van der Waals surface area contributed by atoms with Gasteiger partial charge in [0.25, 0.3) is 0 Å². The molecule has 0 aliphatic heterocycles. The fourth-order valence-electron chi connectivity index (χ4n) is 2.09. The number of halogens is 1. The van der Waals surface area contributed by atoms with E-state index in [0.717, 1.165) is 0 Å². The molecule has 0 bridgehead atoms. The summed E-state index contributed by atoms with van der Waals surface area (Å²) in [4.78, 5) is 11.4. The predicted octanol–water partition coefficient (Wildman–Crippen LogP) is 2.33. The minimum Gasteiger partial charge on any atom is -0.480 e. The van der Waals surface area contributed by atoms with Gasteiger partial charge in [0, 0.05) is 12.2 Å². The molecule has 2 unspecified atom stereocenters. The lowest BCUT2D eigenvalue weighted by Gasteiger charge is -2.31. The Morgan fingerprint density at radius 3 is 2.61 bits per heavy atom. The number of hydrogen-bond acceptors (Lipinski definition) is 3. The second-order valence-corrected chi connectivity index (χ2v) is 5.56. The lowest BCUT2D eigenvalue weighted by molar-refractivity contribution is -0.145. The first kappa shape index (κ1) is 15.0. The summed E-state index contributed by atoms with van der Waals surface area (Å²) in [5.41, 5.74) is -0.980. The van der Waals surface area contributed by atoms with Gasteiger partial charge in [-0.3, -0.25) is 14.8 Å². The molecule has 0 aromatic carbocycles. The highest BCUT2D eigenvalue weighted by Crippen LogP contribution is 2.22. The van der Waals surface area contributed by atoms with E-state index in [2.05, 4.69) is 10.4 Å². The molecule has 1 aromatic heterocycles. The van der Waals surface area contributed by atoms with Crippen LogP contribution in [-0.4, -0.2) is 32.4 Å². The predicted molar refractivity (Wildman–Crippen MR) is 70.9 cm³/mol. The average molecular weight is 274 g/mol. The SMILES string of the molecule is CC(C)NC(C)(CC(C)n1cc(Cl)cn1)C(=O)O. The van der Waals surface area contributed by atoms with Crippen LogP contribution < -0.4 is 5.32 Å². The van der Waals surface area contributed by atoms with Crippen LogP contribution in [0, 0.1) is 0 Å². The Bertz CT molecular complexity index is 419. The van der Waals surface area contributed by atoms with Crippen molar-refractivity contribution in [2.24, 2.45) is 0 Å². The summed E-state index contributed by atoms with van der Waals surface area (Å²) in [6, 6.07) is 0.0457. The number of hydrogen-bond donors (Lipinski definition) is 2. The second kappa shape index (κ2) is 5.71. The van der Waals surface area contributed by atoms with Gasteiger partial charge >= 0.3 is 5.97 Å². The minimum absolute atomic E-state index is 0.0511. The van der Waals surface area contributed by atoms with Gasteiger partial charge in [0.2, 0.25) is 0 Å². The molecule has 0 radical (unpaired) electrons. The van der Waals surface area contributed by atoms with Crippen molar-refractivity contribution in [3.8, 4) is 0 Å². The molecule has 1 aromatic rings. The third-order valence-electron chi connectivity index (χ3n) is 2.80. The van der Waals surface area contributed by atoms with Crippen LogP contribution in [0.25, 0.3) is 0 Å². The van der Waals surface area contributed by atoms with Gasteiger partial charge in [0.15, 0.2) is 0 Å². The van der Waals surface area contributed by atoms with E-state index in [1.165, 1.54) is 0 Å². The Morgan fingerprint density at radius 2 is 2.22 bits per heavy atom. The zero-order valence-electron chi connectivity index (χ0n) is 11.1. The summed E-state index contributed by atoms with van der Waals surface area (Å²) in [6.07, 6.45) is 3.68. The maximum absolute atomic E-state index is 11.4. The van der Waals surface area contributed by atoms with Crippen LogP contribution in [0.15, 0.2) is 12.4 Å². The van der Waals surface area contributed by atoms with Crippen LogP contribution in [0.3, 0.4) is 0 Å². The summed E-state index contributed by atoms with van der Waals surface area (Å²) in [6.45, 7) is 7.47. The van der Waals surface area contributed by atoms with Gasteiger partial charge in [-0.05, 0) is 34.1 Å². The van der Waals surface area contributed by atoms with Crippen LogP contribution in [0.2, 0.25) is 5.02 Å². The number of carboxylic acids is 1. The van der Waals surface area contributed by atoms with E-state index in [0.29, 0.717) is 11.4 Å². The molecule has 102 valence electrons. The van der Waals surface area contributed by atoms with Crippen LogP contribution in [0.4, 0.5) is 0 Å². The van der Waals surface area contributed by atoms with E-state index in [-0.39, 0.29) is 12.1 Å². The van der Waals surface area contributed by atoms with E-state index in [4.69, 9.17) is 11.6 Å². The Kier molecular flexibility index (Phi) is 4.76. The fourth-order valence-corrected chi connectivity index (χ4v) is 2.23. The van der Waals surface area contributed by atoms with Crippen molar-refractivity contribution in [2.75, 3.05) is 0 Å². The van der Waals surface area contributed by atoms with E-state index < -0.39 is 11.5 Å². The zero-order valence-corrected chi connectivity index (χ0v) is 11.9. The Balaban J connectivity index is 2.81. The van der Waals surface area contributed by atoms with Crippen molar-refractivity contribution in [1.29, 1.82) is 0 Å². The maximum Gasteiger partial charge on any atom is 0.323 e. The number of aliphatic carboxylic acids is 1. The molecule has 0 saturated heterocycles. The molecule has 0 saturated carbocycles. The topological polar surface area (TPSA) is 67.2 Å². The van der Waals surface area contributed by atoms with Gasteiger partial charge in [-0.25, -0.2) is 0 Å². The van der Waals surface area contributed by atoms with Crippen molar-refractivity contribution in [2.45, 2.75) is 51.7 Å². The first-order valence-electron chi connectivity index (χ1n) is 5.95. The highest BCUT2D eigenvalue weighted by molar-refractivity contribution is 6.30. The van der Waals surface area contributed by atoms with Crippen molar-refractivity contribution < 1.29 is 9.90 Å².